The zero-order chi connectivity index (χ0) is 31.7. The lowest BCUT2D eigenvalue weighted by molar-refractivity contribution is -0.0381. The van der Waals surface area contributed by atoms with E-state index in [1.54, 1.807) is 25.3 Å². The maximum absolute atomic E-state index is 15.0. The highest BCUT2D eigenvalue weighted by molar-refractivity contribution is 5.60. The number of benzene rings is 3. The number of hydrogen-bond donors (Lipinski definition) is 1. The fraction of sp³-hybridized carbons (Fsp3) is 0.290. The number of piperazine rings is 1. The molecule has 2 atom stereocenters. The van der Waals surface area contributed by atoms with E-state index in [1.165, 1.54) is 47.3 Å². The van der Waals surface area contributed by atoms with E-state index in [1.807, 2.05) is 12.1 Å². The second-order valence-corrected chi connectivity index (χ2v) is 10.9. The van der Waals surface area contributed by atoms with Crippen LogP contribution in [0.1, 0.15) is 18.5 Å². The number of aromatic nitrogens is 6. The predicted octanol–water partition coefficient (Wildman–Crippen LogP) is 3.53. The van der Waals surface area contributed by atoms with Crippen LogP contribution in [0.4, 0.5) is 24.5 Å². The van der Waals surface area contributed by atoms with Crippen LogP contribution < -0.4 is 20.2 Å². The Bertz CT molecular complexity index is 1840. The Morgan fingerprint density at radius 3 is 2.22 bits per heavy atom. The van der Waals surface area contributed by atoms with Crippen LogP contribution in [0.15, 0.2) is 84.4 Å². The molecule has 5 aromatic rings. The highest BCUT2D eigenvalue weighted by Crippen LogP contribution is 2.36. The normalized spacial score (nSPS) is 15.6. The second kappa shape index (κ2) is 12.1. The maximum atomic E-state index is 15.0. The van der Waals surface area contributed by atoms with Gasteiger partial charge in [0.2, 0.25) is 0 Å². The highest BCUT2D eigenvalue weighted by atomic mass is 19.1. The minimum absolute atomic E-state index is 0.214. The van der Waals surface area contributed by atoms with Gasteiger partial charge in [-0.05, 0) is 49.4 Å². The van der Waals surface area contributed by atoms with Crippen molar-refractivity contribution in [2.24, 2.45) is 0 Å². The minimum Gasteiger partial charge on any atom is -0.495 e. The molecule has 2 unspecified atom stereocenters. The maximum Gasteiger partial charge on any atom is 0.350 e. The zero-order valence-electron chi connectivity index (χ0n) is 24.6. The molecule has 0 spiro atoms. The SMILES string of the molecule is COc1ccc(F)cc1N1CCN(c2ccc(-n3cnn(C(C)C(O)(Cn4cncn4)c4ccc(F)cc4F)c3=O)cc2)CC1. The first-order valence-corrected chi connectivity index (χ1v) is 14.3. The number of rotatable bonds is 9. The summed E-state index contributed by atoms with van der Waals surface area (Å²) in [6, 6.07) is 13.6. The van der Waals surface area contributed by atoms with E-state index in [4.69, 9.17) is 4.74 Å². The molecule has 2 aromatic heterocycles. The predicted molar refractivity (Wildman–Crippen MR) is 160 cm³/mol. The van der Waals surface area contributed by atoms with Crippen molar-refractivity contribution in [3.05, 3.63) is 113 Å². The molecule has 11 nitrogen and oxygen atoms in total. The van der Waals surface area contributed by atoms with E-state index in [2.05, 4.69) is 25.0 Å². The molecule has 3 heterocycles. The first-order valence-electron chi connectivity index (χ1n) is 14.3. The molecule has 1 aliphatic heterocycles. The van der Waals surface area contributed by atoms with Crippen molar-refractivity contribution in [3.8, 4) is 11.4 Å². The van der Waals surface area contributed by atoms with Crippen LogP contribution in [0.3, 0.4) is 0 Å². The van der Waals surface area contributed by atoms with Crippen LogP contribution in [0.5, 0.6) is 5.75 Å². The highest BCUT2D eigenvalue weighted by Gasteiger charge is 2.42. The van der Waals surface area contributed by atoms with Gasteiger partial charge in [0.1, 0.15) is 47.8 Å². The first-order chi connectivity index (χ1) is 21.7. The molecule has 234 valence electrons. The number of nitrogens with zero attached hydrogens (tertiary/aromatic N) is 8. The van der Waals surface area contributed by atoms with E-state index in [0.717, 1.165) is 22.5 Å². The molecule has 0 amide bonds. The molecular formula is C31H31F3N8O3. The molecule has 0 saturated carbocycles. The van der Waals surface area contributed by atoms with E-state index < -0.39 is 29.0 Å². The van der Waals surface area contributed by atoms with Crippen molar-refractivity contribution in [1.82, 2.24) is 29.1 Å². The Morgan fingerprint density at radius 1 is 0.889 bits per heavy atom. The average molecular weight is 621 g/mol. The van der Waals surface area contributed by atoms with E-state index >= 15 is 0 Å². The van der Waals surface area contributed by atoms with E-state index in [-0.39, 0.29) is 17.9 Å². The molecule has 3 aromatic carbocycles. The Morgan fingerprint density at radius 2 is 1.56 bits per heavy atom. The van der Waals surface area contributed by atoms with Crippen LogP contribution >= 0.6 is 0 Å². The minimum atomic E-state index is -2.05. The van der Waals surface area contributed by atoms with Gasteiger partial charge < -0.3 is 19.6 Å². The summed E-state index contributed by atoms with van der Waals surface area (Å²) in [4.78, 5) is 21.7. The lowest BCUT2D eigenvalue weighted by Gasteiger charge is -2.37. The summed E-state index contributed by atoms with van der Waals surface area (Å²) < 4.78 is 51.7. The van der Waals surface area contributed by atoms with Gasteiger partial charge in [-0.25, -0.2) is 36.9 Å². The van der Waals surface area contributed by atoms with E-state index in [9.17, 15) is 23.1 Å². The monoisotopic (exact) mass is 620 g/mol. The van der Waals surface area contributed by atoms with Gasteiger partial charge in [-0.1, -0.05) is 6.07 Å². The summed E-state index contributed by atoms with van der Waals surface area (Å²) in [5.74, 6) is -1.47. The van der Waals surface area contributed by atoms with Crippen molar-refractivity contribution in [2.75, 3.05) is 43.1 Å². The Kier molecular flexibility index (Phi) is 8.06. The van der Waals surface area contributed by atoms with Crippen molar-refractivity contribution in [2.45, 2.75) is 25.1 Å². The van der Waals surface area contributed by atoms with Crippen LogP contribution in [0, 0.1) is 17.5 Å². The van der Waals surface area contributed by atoms with Crippen LogP contribution in [0.2, 0.25) is 0 Å². The summed E-state index contributed by atoms with van der Waals surface area (Å²) in [6.45, 7) is 3.97. The Hall–Kier alpha value is -5.11. The number of ether oxygens (including phenoxy) is 1. The lowest BCUT2D eigenvalue weighted by Crippen LogP contribution is -2.46. The lowest BCUT2D eigenvalue weighted by atomic mass is 9.86. The molecular weight excluding hydrogens is 589 g/mol. The summed E-state index contributed by atoms with van der Waals surface area (Å²) in [6.07, 6.45) is 3.94. The molecule has 0 radical (unpaired) electrons. The first kappa shape index (κ1) is 29.9. The van der Waals surface area contributed by atoms with Gasteiger partial charge in [-0.3, -0.25) is 0 Å². The topological polar surface area (TPSA) is 106 Å². The van der Waals surface area contributed by atoms with Gasteiger partial charge in [0, 0.05) is 49.6 Å². The number of halogens is 3. The third kappa shape index (κ3) is 5.76. The van der Waals surface area contributed by atoms with Gasteiger partial charge in [0.05, 0.1) is 31.1 Å². The number of methoxy groups -OCH3 is 1. The summed E-state index contributed by atoms with van der Waals surface area (Å²) >= 11 is 0. The van der Waals surface area contributed by atoms with Crippen molar-refractivity contribution in [3.63, 3.8) is 0 Å². The molecule has 0 bridgehead atoms. The molecule has 0 aliphatic carbocycles. The Balaban J connectivity index is 1.21. The molecule has 6 rings (SSSR count). The zero-order valence-corrected chi connectivity index (χ0v) is 24.6. The van der Waals surface area contributed by atoms with Gasteiger partial charge in [-0.2, -0.15) is 10.2 Å². The average Bonchev–Trinajstić information content (AvgIpc) is 3.70. The van der Waals surface area contributed by atoms with Crippen LogP contribution in [-0.4, -0.2) is 67.5 Å². The van der Waals surface area contributed by atoms with Crippen molar-refractivity contribution in [1.29, 1.82) is 0 Å². The van der Waals surface area contributed by atoms with Crippen LogP contribution in [-0.2, 0) is 12.1 Å². The molecule has 1 N–H and O–H groups in total. The van der Waals surface area contributed by atoms with E-state index in [0.29, 0.717) is 49.4 Å². The summed E-state index contributed by atoms with van der Waals surface area (Å²) in [5, 5.41) is 20.1. The molecule has 45 heavy (non-hydrogen) atoms. The fourth-order valence-electron chi connectivity index (χ4n) is 5.75. The Labute approximate surface area is 256 Å². The quantitative estimate of drug-likeness (QED) is 0.267. The molecule has 1 fully saturated rings. The number of hydrogen-bond acceptors (Lipinski definition) is 8. The summed E-state index contributed by atoms with van der Waals surface area (Å²) in [5.41, 5.74) is -0.615. The number of anilines is 2. The van der Waals surface area contributed by atoms with Gasteiger partial charge in [0.15, 0.2) is 0 Å². The number of aliphatic hydroxyl groups is 1. The molecule has 1 saturated heterocycles. The smallest absolute Gasteiger partial charge is 0.350 e. The second-order valence-electron chi connectivity index (χ2n) is 10.9. The summed E-state index contributed by atoms with van der Waals surface area (Å²) in [7, 11) is 1.56. The van der Waals surface area contributed by atoms with Crippen molar-refractivity contribution < 1.29 is 23.0 Å². The standard InChI is InChI=1S/C31H31F3N8O3/c1-21(31(44,17-40-19-35-18-36-40)26-9-3-22(32)15-27(26)34)42-30(43)41(20-37-42)25-7-5-24(6-8-25)38-11-13-39(14-12-38)28-16-23(33)4-10-29(28)45-2/h3-10,15-16,18-21,44H,11-14,17H2,1-2H3. The van der Waals surface area contributed by atoms with Gasteiger partial charge >= 0.3 is 5.69 Å². The third-order valence-electron chi connectivity index (χ3n) is 8.27. The van der Waals surface area contributed by atoms with Gasteiger partial charge in [-0.15, -0.1) is 0 Å². The van der Waals surface area contributed by atoms with Crippen LogP contribution in [0.25, 0.3) is 5.69 Å². The molecule has 14 heteroatoms. The van der Waals surface area contributed by atoms with Gasteiger partial charge in [0.25, 0.3) is 0 Å². The molecule has 1 aliphatic rings. The third-order valence-corrected chi connectivity index (χ3v) is 8.27. The fourth-order valence-corrected chi connectivity index (χ4v) is 5.75. The van der Waals surface area contributed by atoms with Crippen molar-refractivity contribution >= 4 is 11.4 Å². The largest absolute Gasteiger partial charge is 0.495 e.